The van der Waals surface area contributed by atoms with Crippen molar-refractivity contribution in [2.75, 3.05) is 17.7 Å². The molecule has 0 fully saturated rings. The first-order valence-corrected chi connectivity index (χ1v) is 9.20. The highest BCUT2D eigenvalue weighted by Gasteiger charge is 2.13. The first-order valence-electron chi connectivity index (χ1n) is 9.20. The fraction of sp³-hybridized carbons (Fsp3) is 0.182. The summed E-state index contributed by atoms with van der Waals surface area (Å²) in [6.07, 6.45) is 0.961. The van der Waals surface area contributed by atoms with Gasteiger partial charge in [-0.1, -0.05) is 25.1 Å². The van der Waals surface area contributed by atoms with Crippen molar-refractivity contribution in [2.24, 2.45) is 0 Å². The van der Waals surface area contributed by atoms with E-state index >= 15 is 0 Å². The van der Waals surface area contributed by atoms with E-state index in [-0.39, 0.29) is 5.69 Å². The van der Waals surface area contributed by atoms with Crippen LogP contribution in [0.15, 0.2) is 54.6 Å². The summed E-state index contributed by atoms with van der Waals surface area (Å²) in [4.78, 5) is 33.0. The van der Waals surface area contributed by atoms with Crippen LogP contribution in [0.3, 0.4) is 0 Å². The van der Waals surface area contributed by atoms with Gasteiger partial charge in [0.15, 0.2) is 0 Å². The number of amides is 1. The number of aryl methyl sites for hydroxylation is 2. The molecular formula is C22H22N4O3. The van der Waals surface area contributed by atoms with Crippen LogP contribution >= 0.6 is 0 Å². The summed E-state index contributed by atoms with van der Waals surface area (Å²) >= 11 is 0. The Kier molecular flexibility index (Phi) is 6.19. The third-order valence-electron chi connectivity index (χ3n) is 4.25. The number of hydrogen-bond acceptors (Lipinski definition) is 6. The van der Waals surface area contributed by atoms with Crippen molar-refractivity contribution in [3.8, 4) is 0 Å². The molecule has 3 rings (SSSR count). The van der Waals surface area contributed by atoms with Gasteiger partial charge in [0.25, 0.3) is 5.91 Å². The van der Waals surface area contributed by atoms with Crippen LogP contribution in [0.1, 0.15) is 39.0 Å². The van der Waals surface area contributed by atoms with E-state index in [1.165, 1.54) is 12.7 Å². The molecule has 2 aromatic carbocycles. The van der Waals surface area contributed by atoms with Gasteiger partial charge in [0, 0.05) is 17.1 Å². The molecule has 7 heteroatoms. The van der Waals surface area contributed by atoms with Crippen molar-refractivity contribution in [3.05, 3.63) is 77.1 Å². The number of benzene rings is 2. The highest BCUT2D eigenvalue weighted by atomic mass is 16.5. The van der Waals surface area contributed by atoms with Crippen molar-refractivity contribution in [2.45, 2.75) is 20.3 Å². The van der Waals surface area contributed by atoms with Crippen LogP contribution < -0.4 is 10.6 Å². The molecule has 148 valence electrons. The Morgan fingerprint density at radius 2 is 1.76 bits per heavy atom. The zero-order valence-electron chi connectivity index (χ0n) is 16.5. The lowest BCUT2D eigenvalue weighted by Gasteiger charge is -2.10. The summed E-state index contributed by atoms with van der Waals surface area (Å²) < 4.78 is 4.70. The first kappa shape index (κ1) is 20.0. The molecule has 1 aromatic heterocycles. The molecule has 0 unspecified atom stereocenters. The van der Waals surface area contributed by atoms with Gasteiger partial charge in [-0.25, -0.2) is 14.8 Å². The monoisotopic (exact) mass is 390 g/mol. The Balaban J connectivity index is 1.78. The van der Waals surface area contributed by atoms with Crippen LogP contribution in [0.5, 0.6) is 0 Å². The van der Waals surface area contributed by atoms with Crippen LogP contribution in [0, 0.1) is 6.92 Å². The number of hydrogen-bond donors (Lipinski definition) is 2. The van der Waals surface area contributed by atoms with E-state index in [0.29, 0.717) is 22.9 Å². The molecule has 0 atom stereocenters. The number of aromatic nitrogens is 2. The largest absolute Gasteiger partial charge is 0.465 e. The summed E-state index contributed by atoms with van der Waals surface area (Å²) in [7, 11) is 1.31. The third kappa shape index (κ3) is 5.16. The average molecular weight is 390 g/mol. The quantitative estimate of drug-likeness (QED) is 0.615. The summed E-state index contributed by atoms with van der Waals surface area (Å²) in [5, 5.41) is 5.87. The van der Waals surface area contributed by atoms with E-state index < -0.39 is 11.9 Å². The minimum Gasteiger partial charge on any atom is -0.465 e. The lowest BCUT2D eigenvalue weighted by Crippen LogP contribution is -2.16. The molecule has 0 spiro atoms. The maximum Gasteiger partial charge on any atom is 0.337 e. The van der Waals surface area contributed by atoms with Crippen LogP contribution in [-0.4, -0.2) is 29.0 Å². The van der Waals surface area contributed by atoms with Crippen LogP contribution in [-0.2, 0) is 11.2 Å². The van der Waals surface area contributed by atoms with Gasteiger partial charge in [0.2, 0.25) is 5.95 Å². The van der Waals surface area contributed by atoms with Crippen molar-refractivity contribution < 1.29 is 14.3 Å². The van der Waals surface area contributed by atoms with Crippen LogP contribution in [0.25, 0.3) is 0 Å². The number of nitrogens with zero attached hydrogens (tertiary/aromatic N) is 2. The summed E-state index contributed by atoms with van der Waals surface area (Å²) in [6.45, 7) is 3.89. The smallest absolute Gasteiger partial charge is 0.337 e. The Morgan fingerprint density at radius 3 is 2.45 bits per heavy atom. The van der Waals surface area contributed by atoms with Gasteiger partial charge in [-0.2, -0.15) is 0 Å². The lowest BCUT2D eigenvalue weighted by atomic mass is 10.1. The average Bonchev–Trinajstić information content (AvgIpc) is 2.73. The second kappa shape index (κ2) is 8.97. The molecule has 3 aromatic rings. The number of ether oxygens (including phenoxy) is 1. The molecule has 0 bridgehead atoms. The molecule has 0 aliphatic rings. The standard InChI is InChI=1S/C22H22N4O3/c1-4-15-8-10-17(11-9-15)25-22-23-14(2)12-19(26-22)20(27)24-18-7-5-6-16(13-18)21(28)29-3/h5-13H,4H2,1-3H3,(H,24,27)(H,23,25,26). The van der Waals surface area contributed by atoms with Crippen molar-refractivity contribution >= 4 is 29.2 Å². The second-order valence-electron chi connectivity index (χ2n) is 6.42. The molecule has 0 saturated heterocycles. The summed E-state index contributed by atoms with van der Waals surface area (Å²) in [5.41, 5.74) is 3.76. The lowest BCUT2D eigenvalue weighted by molar-refractivity contribution is 0.0600. The summed E-state index contributed by atoms with van der Waals surface area (Å²) in [5.74, 6) is -0.538. The minimum absolute atomic E-state index is 0.216. The predicted octanol–water partition coefficient (Wildman–Crippen LogP) is 4.13. The van der Waals surface area contributed by atoms with Gasteiger partial charge in [0.1, 0.15) is 5.69 Å². The van der Waals surface area contributed by atoms with Gasteiger partial charge in [-0.3, -0.25) is 4.79 Å². The Bertz CT molecular complexity index is 1030. The maximum absolute atomic E-state index is 12.7. The Hall–Kier alpha value is -3.74. The van der Waals surface area contributed by atoms with E-state index in [4.69, 9.17) is 4.74 Å². The van der Waals surface area contributed by atoms with Gasteiger partial charge < -0.3 is 15.4 Å². The minimum atomic E-state index is -0.473. The van der Waals surface area contributed by atoms with Crippen molar-refractivity contribution in [1.82, 2.24) is 9.97 Å². The SMILES string of the molecule is CCc1ccc(Nc2nc(C)cc(C(=O)Nc3cccc(C(=O)OC)c3)n2)cc1. The molecule has 7 nitrogen and oxygen atoms in total. The molecule has 0 radical (unpaired) electrons. The van der Waals surface area contributed by atoms with Crippen LogP contribution in [0.2, 0.25) is 0 Å². The van der Waals surface area contributed by atoms with E-state index in [1.807, 2.05) is 24.3 Å². The molecule has 0 aliphatic carbocycles. The normalized spacial score (nSPS) is 10.3. The summed E-state index contributed by atoms with van der Waals surface area (Å²) in [6, 6.07) is 16.1. The Morgan fingerprint density at radius 1 is 1.00 bits per heavy atom. The van der Waals surface area contributed by atoms with Gasteiger partial charge in [-0.15, -0.1) is 0 Å². The molecule has 1 heterocycles. The highest BCUT2D eigenvalue weighted by molar-refractivity contribution is 6.03. The van der Waals surface area contributed by atoms with Crippen molar-refractivity contribution in [1.29, 1.82) is 0 Å². The number of nitrogens with one attached hydrogen (secondary N) is 2. The topological polar surface area (TPSA) is 93.2 Å². The number of esters is 1. The van der Waals surface area contributed by atoms with E-state index in [9.17, 15) is 9.59 Å². The van der Waals surface area contributed by atoms with Gasteiger partial charge >= 0.3 is 5.97 Å². The highest BCUT2D eigenvalue weighted by Crippen LogP contribution is 2.17. The van der Waals surface area contributed by atoms with Gasteiger partial charge in [0.05, 0.1) is 12.7 Å². The van der Waals surface area contributed by atoms with Crippen LogP contribution in [0.4, 0.5) is 17.3 Å². The zero-order chi connectivity index (χ0) is 20.8. The van der Waals surface area contributed by atoms with E-state index in [2.05, 4.69) is 27.5 Å². The Labute approximate surface area is 169 Å². The van der Waals surface area contributed by atoms with Gasteiger partial charge in [-0.05, 0) is 55.3 Å². The van der Waals surface area contributed by atoms with E-state index in [0.717, 1.165) is 12.1 Å². The fourth-order valence-electron chi connectivity index (χ4n) is 2.73. The third-order valence-corrected chi connectivity index (χ3v) is 4.25. The number of carbonyl (C=O) groups excluding carboxylic acids is 2. The molecular weight excluding hydrogens is 368 g/mol. The number of methoxy groups -OCH3 is 1. The number of rotatable bonds is 6. The number of carbonyl (C=O) groups is 2. The first-order chi connectivity index (χ1) is 14.0. The van der Waals surface area contributed by atoms with Crippen molar-refractivity contribution in [3.63, 3.8) is 0 Å². The molecule has 29 heavy (non-hydrogen) atoms. The molecule has 0 saturated carbocycles. The molecule has 2 N–H and O–H groups in total. The zero-order valence-corrected chi connectivity index (χ0v) is 16.5. The maximum atomic E-state index is 12.7. The number of anilines is 3. The fourth-order valence-corrected chi connectivity index (χ4v) is 2.73. The molecule has 1 amide bonds. The predicted molar refractivity (Wildman–Crippen MR) is 112 cm³/mol. The molecule has 0 aliphatic heterocycles. The van der Waals surface area contributed by atoms with E-state index in [1.54, 1.807) is 37.3 Å². The second-order valence-corrected chi connectivity index (χ2v) is 6.42.